The van der Waals surface area contributed by atoms with Crippen molar-refractivity contribution in [1.29, 1.82) is 0 Å². The fourth-order valence-electron chi connectivity index (χ4n) is 2.98. The summed E-state index contributed by atoms with van der Waals surface area (Å²) in [6.07, 6.45) is 1.68. The van der Waals surface area contributed by atoms with Gasteiger partial charge in [-0.25, -0.2) is 0 Å². The highest BCUT2D eigenvalue weighted by atomic mass is 32.2. The number of carbonyl (C=O) groups excluding carboxylic acids is 3. The molecular formula is C23H18N2O4S. The summed E-state index contributed by atoms with van der Waals surface area (Å²) in [6, 6.07) is 18.8. The minimum atomic E-state index is -0.377. The summed E-state index contributed by atoms with van der Waals surface area (Å²) in [5, 5.41) is 6.57. The van der Waals surface area contributed by atoms with Crippen LogP contribution < -0.4 is 15.4 Å². The van der Waals surface area contributed by atoms with E-state index in [0.717, 1.165) is 39.3 Å². The second-order valence-corrected chi connectivity index (χ2v) is 7.84. The molecule has 0 bridgehead atoms. The number of carbonyl (C=O) groups is 3. The van der Waals surface area contributed by atoms with Gasteiger partial charge in [-0.3, -0.25) is 19.7 Å². The van der Waals surface area contributed by atoms with E-state index < -0.39 is 0 Å². The number of rotatable bonds is 5. The average molecular weight is 418 g/mol. The van der Waals surface area contributed by atoms with E-state index in [1.165, 1.54) is 0 Å². The van der Waals surface area contributed by atoms with Crippen LogP contribution in [0.15, 0.2) is 65.6 Å². The van der Waals surface area contributed by atoms with Gasteiger partial charge in [0.05, 0.1) is 4.91 Å². The average Bonchev–Trinajstić information content (AvgIpc) is 3.04. The molecule has 0 radical (unpaired) electrons. The molecule has 0 aromatic heterocycles. The Morgan fingerprint density at radius 3 is 2.50 bits per heavy atom. The zero-order valence-electron chi connectivity index (χ0n) is 16.1. The molecular weight excluding hydrogens is 400 g/mol. The van der Waals surface area contributed by atoms with Crippen LogP contribution in [0.2, 0.25) is 0 Å². The third-order valence-electron chi connectivity index (χ3n) is 4.48. The van der Waals surface area contributed by atoms with Crippen LogP contribution in [-0.2, 0) is 9.59 Å². The Morgan fingerprint density at radius 1 is 1.03 bits per heavy atom. The van der Waals surface area contributed by atoms with Crippen LogP contribution in [0.1, 0.15) is 11.1 Å². The van der Waals surface area contributed by atoms with E-state index in [2.05, 4.69) is 10.6 Å². The molecule has 1 heterocycles. The Bertz CT molecular complexity index is 1190. The first-order valence-corrected chi connectivity index (χ1v) is 10.1. The fourth-order valence-corrected chi connectivity index (χ4v) is 3.66. The molecule has 4 rings (SSSR count). The Hall–Kier alpha value is -3.58. The predicted molar refractivity (Wildman–Crippen MR) is 118 cm³/mol. The highest BCUT2D eigenvalue weighted by molar-refractivity contribution is 8.18. The van der Waals surface area contributed by atoms with Crippen molar-refractivity contribution in [2.24, 2.45) is 0 Å². The first-order valence-electron chi connectivity index (χ1n) is 9.24. The summed E-state index contributed by atoms with van der Waals surface area (Å²) in [5.74, 6) is -0.0236. The summed E-state index contributed by atoms with van der Waals surface area (Å²) in [6.45, 7) is 1.89. The molecule has 7 heteroatoms. The second-order valence-electron chi connectivity index (χ2n) is 6.82. The maximum Gasteiger partial charge on any atom is 0.290 e. The van der Waals surface area contributed by atoms with E-state index >= 15 is 0 Å². The van der Waals surface area contributed by atoms with Crippen LogP contribution >= 0.6 is 11.8 Å². The number of amides is 3. The van der Waals surface area contributed by atoms with Crippen LogP contribution in [0.25, 0.3) is 16.8 Å². The van der Waals surface area contributed by atoms with Crippen molar-refractivity contribution in [3.05, 3.63) is 76.7 Å². The number of benzene rings is 3. The summed E-state index contributed by atoms with van der Waals surface area (Å²) in [7, 11) is 0. The molecule has 150 valence electrons. The fraction of sp³-hybridized carbons (Fsp3) is 0.0870. The van der Waals surface area contributed by atoms with Gasteiger partial charge >= 0.3 is 0 Å². The van der Waals surface area contributed by atoms with Crippen molar-refractivity contribution < 1.29 is 19.1 Å². The Kier molecular flexibility index (Phi) is 5.54. The van der Waals surface area contributed by atoms with E-state index in [4.69, 9.17) is 4.74 Å². The van der Waals surface area contributed by atoms with Crippen molar-refractivity contribution in [3.63, 3.8) is 0 Å². The van der Waals surface area contributed by atoms with Gasteiger partial charge in [0.1, 0.15) is 5.75 Å². The number of fused-ring (bicyclic) bond motifs is 1. The second kappa shape index (κ2) is 8.42. The Morgan fingerprint density at radius 2 is 1.77 bits per heavy atom. The van der Waals surface area contributed by atoms with Crippen molar-refractivity contribution in [3.8, 4) is 5.75 Å². The first kappa shape index (κ1) is 19.7. The molecule has 1 aliphatic heterocycles. The summed E-state index contributed by atoms with van der Waals surface area (Å²) in [4.78, 5) is 35.4. The van der Waals surface area contributed by atoms with Crippen molar-refractivity contribution in [2.75, 3.05) is 11.9 Å². The zero-order chi connectivity index (χ0) is 21.1. The Labute approximate surface area is 177 Å². The summed E-state index contributed by atoms with van der Waals surface area (Å²) >= 11 is 0.890. The maximum atomic E-state index is 12.1. The van der Waals surface area contributed by atoms with Gasteiger partial charge in [-0.05, 0) is 71.4 Å². The number of aryl methyl sites for hydroxylation is 1. The molecule has 3 amide bonds. The van der Waals surface area contributed by atoms with Gasteiger partial charge in [-0.2, -0.15) is 0 Å². The normalized spacial score (nSPS) is 14.8. The SMILES string of the molecule is Cc1ccc(NC(=O)COc2ccc3cc(/C=C4\SC(=O)NC4=O)ccc3c2)cc1. The predicted octanol–water partition coefficient (Wildman–Crippen LogP) is 4.49. The summed E-state index contributed by atoms with van der Waals surface area (Å²) < 4.78 is 5.62. The van der Waals surface area contributed by atoms with Crippen molar-refractivity contribution in [1.82, 2.24) is 5.32 Å². The van der Waals surface area contributed by atoms with Crippen molar-refractivity contribution >= 4 is 51.4 Å². The lowest BCUT2D eigenvalue weighted by atomic mass is 10.1. The third kappa shape index (κ3) is 4.69. The molecule has 2 N–H and O–H groups in total. The topological polar surface area (TPSA) is 84.5 Å². The molecule has 0 aliphatic carbocycles. The lowest BCUT2D eigenvalue weighted by Gasteiger charge is -2.09. The number of hydrogen-bond acceptors (Lipinski definition) is 5. The quantitative estimate of drug-likeness (QED) is 0.597. The lowest BCUT2D eigenvalue weighted by molar-refractivity contribution is -0.118. The number of anilines is 1. The summed E-state index contributed by atoms with van der Waals surface area (Å²) in [5.41, 5.74) is 2.67. The minimum Gasteiger partial charge on any atom is -0.484 e. The monoisotopic (exact) mass is 418 g/mol. The third-order valence-corrected chi connectivity index (χ3v) is 5.29. The van der Waals surface area contributed by atoms with E-state index in [1.54, 1.807) is 12.1 Å². The molecule has 3 aromatic rings. The van der Waals surface area contributed by atoms with Gasteiger partial charge in [0, 0.05) is 5.69 Å². The number of nitrogens with one attached hydrogen (secondary N) is 2. The van der Waals surface area contributed by atoms with Crippen LogP contribution in [-0.4, -0.2) is 23.7 Å². The highest BCUT2D eigenvalue weighted by Crippen LogP contribution is 2.28. The van der Waals surface area contributed by atoms with E-state index in [9.17, 15) is 14.4 Å². The molecule has 30 heavy (non-hydrogen) atoms. The molecule has 1 fully saturated rings. The maximum absolute atomic E-state index is 12.1. The van der Waals surface area contributed by atoms with Gasteiger partial charge in [0.15, 0.2) is 6.61 Å². The largest absolute Gasteiger partial charge is 0.484 e. The number of thioether (sulfide) groups is 1. The molecule has 3 aromatic carbocycles. The van der Waals surface area contributed by atoms with Crippen LogP contribution in [0.4, 0.5) is 10.5 Å². The number of imide groups is 1. The Balaban J connectivity index is 1.41. The van der Waals surface area contributed by atoms with Gasteiger partial charge < -0.3 is 10.1 Å². The molecule has 1 aliphatic rings. The van der Waals surface area contributed by atoms with Gasteiger partial charge in [-0.1, -0.05) is 35.9 Å². The van der Waals surface area contributed by atoms with Crippen LogP contribution in [0.3, 0.4) is 0 Å². The van der Waals surface area contributed by atoms with Gasteiger partial charge in [0.2, 0.25) is 0 Å². The van der Waals surface area contributed by atoms with E-state index in [-0.39, 0.29) is 23.7 Å². The molecule has 0 atom stereocenters. The zero-order valence-corrected chi connectivity index (χ0v) is 16.9. The van der Waals surface area contributed by atoms with Crippen LogP contribution in [0.5, 0.6) is 5.75 Å². The van der Waals surface area contributed by atoms with E-state index in [1.807, 2.05) is 61.5 Å². The first-order chi connectivity index (χ1) is 14.5. The van der Waals surface area contributed by atoms with Gasteiger partial charge in [0.25, 0.3) is 17.1 Å². The van der Waals surface area contributed by atoms with Crippen LogP contribution in [0, 0.1) is 6.92 Å². The molecule has 0 saturated carbocycles. The van der Waals surface area contributed by atoms with E-state index in [0.29, 0.717) is 10.7 Å². The minimum absolute atomic E-state index is 0.0933. The lowest BCUT2D eigenvalue weighted by Crippen LogP contribution is -2.20. The molecule has 6 nitrogen and oxygen atoms in total. The highest BCUT2D eigenvalue weighted by Gasteiger charge is 2.24. The smallest absolute Gasteiger partial charge is 0.290 e. The number of ether oxygens (including phenoxy) is 1. The van der Waals surface area contributed by atoms with Crippen molar-refractivity contribution in [2.45, 2.75) is 6.92 Å². The standard InChI is InChI=1S/C23H18N2O4S/c1-14-2-7-18(8-3-14)24-21(26)13-29-19-9-6-16-10-15(4-5-17(16)12-19)11-20-22(27)25-23(28)30-20/h2-12H,13H2,1H3,(H,24,26)(H,25,27,28)/b20-11-. The number of hydrogen-bond donors (Lipinski definition) is 2. The van der Waals surface area contributed by atoms with Gasteiger partial charge in [-0.15, -0.1) is 0 Å². The molecule has 0 unspecified atom stereocenters. The molecule has 0 spiro atoms. The molecule has 1 saturated heterocycles.